The summed E-state index contributed by atoms with van der Waals surface area (Å²) in [7, 11) is 0. The van der Waals surface area contributed by atoms with E-state index in [1.165, 1.54) is 12.1 Å². The van der Waals surface area contributed by atoms with E-state index in [9.17, 15) is 9.18 Å². The molecule has 1 amide bonds. The van der Waals surface area contributed by atoms with Crippen LogP contribution in [0.15, 0.2) is 48.5 Å². The molecule has 1 aliphatic rings. The Morgan fingerprint density at radius 2 is 2.04 bits per heavy atom. The van der Waals surface area contributed by atoms with Gasteiger partial charge in [0.2, 0.25) is 0 Å². The van der Waals surface area contributed by atoms with E-state index in [0.29, 0.717) is 13.1 Å². The van der Waals surface area contributed by atoms with Crippen LogP contribution in [0.25, 0.3) is 0 Å². The monoisotopic (exact) mass is 342 g/mol. The van der Waals surface area contributed by atoms with Gasteiger partial charge in [0.1, 0.15) is 12.4 Å². The molecular weight excluding hydrogens is 319 g/mol. The zero-order valence-electron chi connectivity index (χ0n) is 14.5. The van der Waals surface area contributed by atoms with Gasteiger partial charge in [-0.1, -0.05) is 36.4 Å². The summed E-state index contributed by atoms with van der Waals surface area (Å²) in [4.78, 5) is 14.3. The van der Waals surface area contributed by atoms with E-state index >= 15 is 0 Å². The maximum absolute atomic E-state index is 13.4. The first kappa shape index (κ1) is 17.4. The summed E-state index contributed by atoms with van der Waals surface area (Å²) < 4.78 is 18.8. The van der Waals surface area contributed by atoms with Gasteiger partial charge >= 0.3 is 6.09 Å². The molecule has 1 N–H and O–H groups in total. The second-order valence-corrected chi connectivity index (χ2v) is 6.41. The Bertz CT molecular complexity index is 736. The van der Waals surface area contributed by atoms with E-state index in [1.54, 1.807) is 11.0 Å². The average Bonchev–Trinajstić information content (AvgIpc) is 2.61. The number of hydrogen-bond acceptors (Lipinski definition) is 3. The van der Waals surface area contributed by atoms with Crippen molar-refractivity contribution in [3.63, 3.8) is 0 Å². The summed E-state index contributed by atoms with van der Waals surface area (Å²) in [6, 6.07) is 14.3. The number of piperazine rings is 1. The Kier molecular flexibility index (Phi) is 5.34. The number of halogens is 1. The van der Waals surface area contributed by atoms with Gasteiger partial charge < -0.3 is 15.0 Å². The number of rotatable bonds is 3. The van der Waals surface area contributed by atoms with Crippen molar-refractivity contribution in [1.29, 1.82) is 0 Å². The Morgan fingerprint density at radius 3 is 2.76 bits per heavy atom. The Morgan fingerprint density at radius 1 is 1.28 bits per heavy atom. The number of carbonyl (C=O) groups is 1. The molecule has 4 nitrogen and oxygen atoms in total. The lowest BCUT2D eigenvalue weighted by atomic mass is 9.93. The second-order valence-electron chi connectivity index (χ2n) is 6.41. The predicted molar refractivity (Wildman–Crippen MR) is 94.7 cm³/mol. The molecule has 2 aromatic carbocycles. The van der Waals surface area contributed by atoms with E-state index in [2.05, 4.69) is 5.32 Å². The summed E-state index contributed by atoms with van der Waals surface area (Å²) in [5, 5.41) is 3.43. The van der Waals surface area contributed by atoms with Crippen LogP contribution in [0.2, 0.25) is 0 Å². The van der Waals surface area contributed by atoms with Gasteiger partial charge in [-0.05, 0) is 42.7 Å². The number of carbonyl (C=O) groups excluding carboxylic acids is 1. The lowest BCUT2D eigenvalue weighted by molar-refractivity contribution is 0.0638. The summed E-state index contributed by atoms with van der Waals surface area (Å²) >= 11 is 0. The quantitative estimate of drug-likeness (QED) is 0.922. The van der Waals surface area contributed by atoms with Gasteiger partial charge in [0.25, 0.3) is 0 Å². The van der Waals surface area contributed by atoms with E-state index in [1.807, 2.05) is 44.2 Å². The number of ether oxygens (including phenoxy) is 1. The highest BCUT2D eigenvalue weighted by atomic mass is 19.1. The zero-order valence-corrected chi connectivity index (χ0v) is 14.5. The fraction of sp³-hybridized carbons (Fsp3) is 0.350. The van der Waals surface area contributed by atoms with E-state index in [-0.39, 0.29) is 30.6 Å². The second kappa shape index (κ2) is 7.66. The van der Waals surface area contributed by atoms with Gasteiger partial charge in [0, 0.05) is 13.1 Å². The summed E-state index contributed by atoms with van der Waals surface area (Å²) in [5.74, 6) is -0.246. The van der Waals surface area contributed by atoms with Crippen molar-refractivity contribution in [3.05, 3.63) is 71.0 Å². The molecule has 2 aromatic rings. The number of amides is 1. The molecule has 1 heterocycles. The Balaban J connectivity index is 1.68. The normalized spacial score (nSPS) is 20.4. The summed E-state index contributed by atoms with van der Waals surface area (Å²) in [6.45, 7) is 5.40. The van der Waals surface area contributed by atoms with Crippen molar-refractivity contribution in [2.45, 2.75) is 32.5 Å². The van der Waals surface area contributed by atoms with Crippen LogP contribution in [0.3, 0.4) is 0 Å². The van der Waals surface area contributed by atoms with Crippen LogP contribution in [0.1, 0.15) is 29.7 Å². The molecule has 1 fully saturated rings. The standard InChI is InChI=1S/C20H23FN2O2/c1-14-12-17(21)8-9-18(14)19-15(2)23(11-10-22-19)20(24)25-13-16-6-4-3-5-7-16/h3-9,12,15,19,22H,10-11,13H2,1-2H3. The van der Waals surface area contributed by atoms with Gasteiger partial charge in [-0.2, -0.15) is 0 Å². The minimum Gasteiger partial charge on any atom is -0.445 e. The molecule has 0 saturated carbocycles. The lowest BCUT2D eigenvalue weighted by Crippen LogP contribution is -2.54. The molecule has 132 valence electrons. The van der Waals surface area contributed by atoms with Crippen LogP contribution >= 0.6 is 0 Å². The van der Waals surface area contributed by atoms with Crippen molar-refractivity contribution in [3.8, 4) is 0 Å². The van der Waals surface area contributed by atoms with E-state index in [4.69, 9.17) is 4.74 Å². The highest BCUT2D eigenvalue weighted by Gasteiger charge is 2.33. The Labute approximate surface area is 147 Å². The van der Waals surface area contributed by atoms with Crippen molar-refractivity contribution >= 4 is 6.09 Å². The van der Waals surface area contributed by atoms with Crippen molar-refractivity contribution in [2.24, 2.45) is 0 Å². The third-order valence-corrected chi connectivity index (χ3v) is 4.70. The fourth-order valence-electron chi connectivity index (χ4n) is 3.31. The molecule has 3 rings (SSSR count). The molecular formula is C20H23FN2O2. The molecule has 0 aliphatic carbocycles. The van der Waals surface area contributed by atoms with Crippen LogP contribution in [-0.4, -0.2) is 30.1 Å². The Hall–Kier alpha value is -2.40. The van der Waals surface area contributed by atoms with Gasteiger partial charge in [-0.15, -0.1) is 0 Å². The van der Waals surface area contributed by atoms with Gasteiger partial charge in [0.15, 0.2) is 0 Å². The van der Waals surface area contributed by atoms with Crippen LogP contribution in [0, 0.1) is 12.7 Å². The molecule has 2 atom stereocenters. The van der Waals surface area contributed by atoms with Gasteiger partial charge in [-0.3, -0.25) is 0 Å². The average molecular weight is 342 g/mol. The largest absolute Gasteiger partial charge is 0.445 e. The highest BCUT2D eigenvalue weighted by molar-refractivity contribution is 5.68. The first-order chi connectivity index (χ1) is 12.1. The van der Waals surface area contributed by atoms with E-state index in [0.717, 1.165) is 16.7 Å². The van der Waals surface area contributed by atoms with E-state index < -0.39 is 0 Å². The topological polar surface area (TPSA) is 41.6 Å². The minimum absolute atomic E-state index is 0.0429. The van der Waals surface area contributed by atoms with Crippen molar-refractivity contribution < 1.29 is 13.9 Å². The zero-order chi connectivity index (χ0) is 17.8. The molecule has 5 heteroatoms. The van der Waals surface area contributed by atoms with Crippen LogP contribution in [0.4, 0.5) is 9.18 Å². The fourth-order valence-corrected chi connectivity index (χ4v) is 3.31. The predicted octanol–water partition coefficient (Wildman–Crippen LogP) is 3.81. The maximum Gasteiger partial charge on any atom is 0.410 e. The molecule has 0 bridgehead atoms. The number of nitrogens with zero attached hydrogens (tertiary/aromatic N) is 1. The summed E-state index contributed by atoms with van der Waals surface area (Å²) in [5.41, 5.74) is 2.85. The number of hydrogen-bond donors (Lipinski definition) is 1. The highest BCUT2D eigenvalue weighted by Crippen LogP contribution is 2.27. The minimum atomic E-state index is -0.317. The molecule has 0 spiro atoms. The third kappa shape index (κ3) is 3.99. The first-order valence-electron chi connectivity index (χ1n) is 8.53. The molecule has 25 heavy (non-hydrogen) atoms. The smallest absolute Gasteiger partial charge is 0.410 e. The molecule has 0 aromatic heterocycles. The van der Waals surface area contributed by atoms with Crippen LogP contribution in [0.5, 0.6) is 0 Å². The number of aryl methyl sites for hydroxylation is 1. The summed E-state index contributed by atoms with van der Waals surface area (Å²) in [6.07, 6.45) is -0.317. The number of benzene rings is 2. The van der Waals surface area contributed by atoms with Crippen LogP contribution in [-0.2, 0) is 11.3 Å². The first-order valence-corrected chi connectivity index (χ1v) is 8.53. The van der Waals surface area contributed by atoms with Gasteiger partial charge in [-0.25, -0.2) is 9.18 Å². The van der Waals surface area contributed by atoms with Gasteiger partial charge in [0.05, 0.1) is 12.1 Å². The lowest BCUT2D eigenvalue weighted by Gasteiger charge is -2.40. The molecule has 0 radical (unpaired) electrons. The molecule has 2 unspecified atom stereocenters. The van der Waals surface area contributed by atoms with Crippen molar-refractivity contribution in [2.75, 3.05) is 13.1 Å². The van der Waals surface area contributed by atoms with Crippen molar-refractivity contribution in [1.82, 2.24) is 10.2 Å². The van der Waals surface area contributed by atoms with Crippen LogP contribution < -0.4 is 5.32 Å². The molecule has 1 saturated heterocycles. The number of nitrogens with one attached hydrogen (secondary N) is 1. The SMILES string of the molecule is Cc1cc(F)ccc1C1NCCN(C(=O)OCc2ccccc2)C1C. The maximum atomic E-state index is 13.4. The molecule has 1 aliphatic heterocycles. The third-order valence-electron chi connectivity index (χ3n) is 4.70.